The van der Waals surface area contributed by atoms with Crippen LogP contribution in [-0.4, -0.2) is 5.91 Å². The quantitative estimate of drug-likeness (QED) is 0.863. The predicted molar refractivity (Wildman–Crippen MR) is 84.2 cm³/mol. The van der Waals surface area contributed by atoms with Gasteiger partial charge in [0.1, 0.15) is 0 Å². The molecule has 0 aromatic heterocycles. The Labute approximate surface area is 124 Å². The average Bonchev–Trinajstić information content (AvgIpc) is 2.44. The van der Waals surface area contributed by atoms with Gasteiger partial charge in [-0.2, -0.15) is 0 Å². The number of carbonyl (C=O) groups excluding carboxylic acids is 1. The zero-order valence-corrected chi connectivity index (χ0v) is 12.3. The molecular weight excluding hydrogens is 270 g/mol. The van der Waals surface area contributed by atoms with Crippen LogP contribution in [0.25, 0.3) is 0 Å². The second kappa shape index (κ2) is 7.11. The van der Waals surface area contributed by atoms with Gasteiger partial charge in [-0.1, -0.05) is 49.2 Å². The molecule has 0 aliphatic rings. The monoisotopic (exact) mass is 287 g/mol. The molecule has 0 saturated heterocycles. The summed E-state index contributed by atoms with van der Waals surface area (Å²) in [6.45, 7) is 2.15. The van der Waals surface area contributed by atoms with E-state index in [0.717, 1.165) is 24.1 Å². The van der Waals surface area contributed by atoms with E-state index < -0.39 is 0 Å². The topological polar surface area (TPSA) is 29.1 Å². The van der Waals surface area contributed by atoms with Gasteiger partial charge in [0.25, 0.3) is 0 Å². The molecule has 20 heavy (non-hydrogen) atoms. The van der Waals surface area contributed by atoms with Crippen LogP contribution in [0.1, 0.15) is 24.5 Å². The summed E-state index contributed by atoms with van der Waals surface area (Å²) in [5.74, 6) is -0.0180. The zero-order valence-electron chi connectivity index (χ0n) is 11.5. The van der Waals surface area contributed by atoms with E-state index in [0.29, 0.717) is 11.4 Å². The molecule has 104 valence electrons. The maximum atomic E-state index is 11.9. The Morgan fingerprint density at radius 2 is 1.60 bits per heavy atom. The summed E-state index contributed by atoms with van der Waals surface area (Å²) >= 11 is 5.82. The summed E-state index contributed by atoms with van der Waals surface area (Å²) in [6.07, 6.45) is 2.55. The molecule has 0 atom stereocenters. The van der Waals surface area contributed by atoms with Crippen LogP contribution in [0, 0.1) is 0 Å². The third kappa shape index (κ3) is 4.39. The maximum absolute atomic E-state index is 11.9. The molecule has 0 saturated carbocycles. The van der Waals surface area contributed by atoms with E-state index in [-0.39, 0.29) is 5.91 Å². The zero-order chi connectivity index (χ0) is 14.4. The largest absolute Gasteiger partial charge is 0.326 e. The first-order chi connectivity index (χ1) is 9.67. The average molecular weight is 288 g/mol. The predicted octanol–water partition coefficient (Wildman–Crippen LogP) is 4.47. The number of aryl methyl sites for hydroxylation is 1. The summed E-state index contributed by atoms with van der Waals surface area (Å²) in [6, 6.07) is 15.3. The van der Waals surface area contributed by atoms with E-state index in [4.69, 9.17) is 11.6 Å². The lowest BCUT2D eigenvalue weighted by Crippen LogP contribution is -2.14. The first-order valence-electron chi connectivity index (χ1n) is 6.80. The molecule has 3 heteroatoms. The molecule has 0 unspecified atom stereocenters. The van der Waals surface area contributed by atoms with Gasteiger partial charge in [0.05, 0.1) is 6.42 Å². The van der Waals surface area contributed by atoms with Crippen LogP contribution in [0.2, 0.25) is 5.02 Å². The minimum absolute atomic E-state index is 0.0180. The molecule has 0 aliphatic heterocycles. The maximum Gasteiger partial charge on any atom is 0.228 e. The fourth-order valence-corrected chi connectivity index (χ4v) is 2.16. The lowest BCUT2D eigenvalue weighted by atomic mass is 10.1. The van der Waals surface area contributed by atoms with Gasteiger partial charge in [-0.15, -0.1) is 0 Å². The van der Waals surface area contributed by atoms with Crippen molar-refractivity contribution < 1.29 is 4.79 Å². The third-order valence-electron chi connectivity index (χ3n) is 3.05. The molecule has 2 aromatic carbocycles. The molecule has 0 spiro atoms. The summed E-state index contributed by atoms with van der Waals surface area (Å²) in [5, 5.41) is 3.58. The van der Waals surface area contributed by atoms with Crippen molar-refractivity contribution in [3.05, 3.63) is 64.7 Å². The fraction of sp³-hybridized carbons (Fsp3) is 0.235. The second-order valence-electron chi connectivity index (χ2n) is 4.80. The van der Waals surface area contributed by atoms with Crippen molar-refractivity contribution in [2.24, 2.45) is 0 Å². The van der Waals surface area contributed by atoms with E-state index >= 15 is 0 Å². The van der Waals surface area contributed by atoms with Crippen LogP contribution in [0.5, 0.6) is 0 Å². The van der Waals surface area contributed by atoms with Crippen molar-refractivity contribution in [1.29, 1.82) is 0 Å². The summed E-state index contributed by atoms with van der Waals surface area (Å²) in [7, 11) is 0. The van der Waals surface area contributed by atoms with E-state index in [1.165, 1.54) is 5.56 Å². The molecule has 0 heterocycles. The molecule has 0 bridgehead atoms. The number of amides is 1. The van der Waals surface area contributed by atoms with Gasteiger partial charge >= 0.3 is 0 Å². The Morgan fingerprint density at radius 1 is 1.00 bits per heavy atom. The number of benzene rings is 2. The van der Waals surface area contributed by atoms with Crippen LogP contribution < -0.4 is 5.32 Å². The minimum Gasteiger partial charge on any atom is -0.326 e. The van der Waals surface area contributed by atoms with Crippen LogP contribution in [0.4, 0.5) is 5.69 Å². The molecule has 0 fully saturated rings. The highest BCUT2D eigenvalue weighted by atomic mass is 35.5. The Bertz CT molecular complexity index is 561. The number of anilines is 1. The summed E-state index contributed by atoms with van der Waals surface area (Å²) < 4.78 is 0. The molecule has 2 aromatic rings. The van der Waals surface area contributed by atoms with Crippen molar-refractivity contribution in [3.8, 4) is 0 Å². The van der Waals surface area contributed by atoms with E-state index in [1.54, 1.807) is 12.1 Å². The second-order valence-corrected chi connectivity index (χ2v) is 5.23. The van der Waals surface area contributed by atoms with Crippen molar-refractivity contribution in [1.82, 2.24) is 0 Å². The highest BCUT2D eigenvalue weighted by molar-refractivity contribution is 6.30. The van der Waals surface area contributed by atoms with Crippen molar-refractivity contribution in [2.45, 2.75) is 26.2 Å². The molecule has 2 nitrogen and oxygen atoms in total. The molecule has 0 aliphatic carbocycles. The number of rotatable bonds is 5. The first kappa shape index (κ1) is 14.6. The van der Waals surface area contributed by atoms with Crippen LogP contribution in [0.15, 0.2) is 48.5 Å². The van der Waals surface area contributed by atoms with Crippen molar-refractivity contribution in [3.63, 3.8) is 0 Å². The van der Waals surface area contributed by atoms with Gasteiger partial charge in [-0.05, 0) is 41.8 Å². The number of nitrogens with one attached hydrogen (secondary N) is 1. The van der Waals surface area contributed by atoms with E-state index in [9.17, 15) is 4.79 Å². The lowest BCUT2D eigenvalue weighted by molar-refractivity contribution is -0.115. The summed E-state index contributed by atoms with van der Waals surface area (Å²) in [5.41, 5.74) is 3.08. The minimum atomic E-state index is -0.0180. The molecular formula is C17H18ClNO. The SMILES string of the molecule is CCCc1ccc(NC(=O)Cc2ccc(Cl)cc2)cc1. The van der Waals surface area contributed by atoms with Crippen molar-refractivity contribution in [2.75, 3.05) is 5.32 Å². The van der Waals surface area contributed by atoms with Crippen LogP contribution >= 0.6 is 11.6 Å². The molecule has 1 amide bonds. The first-order valence-corrected chi connectivity index (χ1v) is 7.18. The van der Waals surface area contributed by atoms with Gasteiger partial charge < -0.3 is 5.32 Å². The molecule has 0 radical (unpaired) electrons. The Balaban J connectivity index is 1.92. The van der Waals surface area contributed by atoms with Gasteiger partial charge in [0.15, 0.2) is 0 Å². The number of halogens is 1. The fourth-order valence-electron chi connectivity index (χ4n) is 2.04. The smallest absolute Gasteiger partial charge is 0.228 e. The Hall–Kier alpha value is -1.80. The third-order valence-corrected chi connectivity index (χ3v) is 3.31. The normalized spacial score (nSPS) is 10.3. The van der Waals surface area contributed by atoms with Gasteiger partial charge in [0.2, 0.25) is 5.91 Å². The highest BCUT2D eigenvalue weighted by Crippen LogP contribution is 2.13. The number of carbonyl (C=O) groups is 1. The lowest BCUT2D eigenvalue weighted by Gasteiger charge is -2.06. The standard InChI is InChI=1S/C17H18ClNO/c1-2-3-13-6-10-16(11-7-13)19-17(20)12-14-4-8-15(18)9-5-14/h4-11H,2-3,12H2,1H3,(H,19,20). The molecule has 1 N–H and O–H groups in total. The van der Waals surface area contributed by atoms with Gasteiger partial charge in [0, 0.05) is 10.7 Å². The number of hydrogen-bond acceptors (Lipinski definition) is 1. The van der Waals surface area contributed by atoms with E-state index in [2.05, 4.69) is 24.4 Å². The van der Waals surface area contributed by atoms with Gasteiger partial charge in [-0.3, -0.25) is 4.79 Å². The Kier molecular flexibility index (Phi) is 5.19. The number of hydrogen-bond donors (Lipinski definition) is 1. The van der Waals surface area contributed by atoms with Crippen molar-refractivity contribution >= 4 is 23.2 Å². The Morgan fingerprint density at radius 3 is 2.20 bits per heavy atom. The van der Waals surface area contributed by atoms with Crippen LogP contribution in [0.3, 0.4) is 0 Å². The highest BCUT2D eigenvalue weighted by Gasteiger charge is 2.04. The van der Waals surface area contributed by atoms with Gasteiger partial charge in [-0.25, -0.2) is 0 Å². The summed E-state index contributed by atoms with van der Waals surface area (Å²) in [4.78, 5) is 11.9. The molecule has 2 rings (SSSR count). The van der Waals surface area contributed by atoms with Crippen LogP contribution in [-0.2, 0) is 17.6 Å². The van der Waals surface area contributed by atoms with E-state index in [1.807, 2.05) is 24.3 Å².